The Morgan fingerprint density at radius 1 is 0.893 bits per heavy atom. The number of benzene rings is 3. The Morgan fingerprint density at radius 3 is 2.25 bits per heavy atom. The van der Waals surface area contributed by atoms with Crippen LogP contribution in [0.3, 0.4) is 0 Å². The van der Waals surface area contributed by atoms with Gasteiger partial charge in [0, 0.05) is 5.69 Å². The summed E-state index contributed by atoms with van der Waals surface area (Å²) in [6.07, 6.45) is -1.00. The third-order valence-electron chi connectivity index (χ3n) is 3.84. The quantitative estimate of drug-likeness (QED) is 0.623. The molecule has 1 atom stereocenters. The second-order valence-electron chi connectivity index (χ2n) is 6.03. The van der Waals surface area contributed by atoms with Gasteiger partial charge in [0.2, 0.25) is 0 Å². The zero-order valence-corrected chi connectivity index (χ0v) is 15.2. The van der Waals surface area contributed by atoms with Gasteiger partial charge in [0.1, 0.15) is 17.2 Å². The number of para-hydroxylation sites is 1. The summed E-state index contributed by atoms with van der Waals surface area (Å²) in [5.74, 6) is 0.138. The number of carbonyl (C=O) groups is 2. The minimum Gasteiger partial charge on any atom is -0.508 e. The fraction of sp³-hybridized carbons (Fsp3) is 0.0909. The lowest BCUT2D eigenvalue weighted by Crippen LogP contribution is -2.29. The highest BCUT2D eigenvalue weighted by molar-refractivity contribution is 5.97. The van der Waals surface area contributed by atoms with Gasteiger partial charge in [-0.1, -0.05) is 24.3 Å². The molecule has 0 saturated heterocycles. The van der Waals surface area contributed by atoms with E-state index in [0.717, 1.165) is 0 Å². The Bertz CT molecular complexity index is 954. The minimum atomic E-state index is -1.00. The Labute approximate surface area is 162 Å². The molecule has 3 rings (SSSR count). The number of phenolic OH excluding ortho intramolecular Hbond substituents is 1. The van der Waals surface area contributed by atoms with Crippen molar-refractivity contribution in [3.63, 3.8) is 0 Å². The molecule has 3 aromatic carbocycles. The molecule has 142 valence electrons. The van der Waals surface area contributed by atoms with Gasteiger partial charge in [-0.05, 0) is 61.5 Å². The minimum absolute atomic E-state index is 0.0515. The van der Waals surface area contributed by atoms with Crippen LogP contribution in [0.4, 0.5) is 5.69 Å². The predicted molar refractivity (Wildman–Crippen MR) is 105 cm³/mol. The highest BCUT2D eigenvalue weighted by atomic mass is 16.5. The Kier molecular flexibility index (Phi) is 5.91. The zero-order valence-electron chi connectivity index (χ0n) is 15.2. The number of esters is 1. The lowest BCUT2D eigenvalue weighted by molar-refractivity contribution is -0.123. The molecule has 0 fully saturated rings. The first kappa shape index (κ1) is 19.0. The number of hydrogen-bond donors (Lipinski definition) is 2. The smallest absolute Gasteiger partial charge is 0.339 e. The summed E-state index contributed by atoms with van der Waals surface area (Å²) >= 11 is 0. The van der Waals surface area contributed by atoms with Crippen LogP contribution in [0.15, 0.2) is 78.9 Å². The average molecular weight is 377 g/mol. The van der Waals surface area contributed by atoms with E-state index in [2.05, 4.69) is 5.32 Å². The van der Waals surface area contributed by atoms with Crippen LogP contribution >= 0.6 is 0 Å². The van der Waals surface area contributed by atoms with Crippen molar-refractivity contribution in [1.82, 2.24) is 0 Å². The van der Waals surface area contributed by atoms with Crippen molar-refractivity contribution < 1.29 is 24.2 Å². The van der Waals surface area contributed by atoms with Crippen molar-refractivity contribution in [3.05, 3.63) is 84.4 Å². The Balaban J connectivity index is 1.55. The Morgan fingerprint density at radius 2 is 1.57 bits per heavy atom. The van der Waals surface area contributed by atoms with Crippen molar-refractivity contribution in [2.45, 2.75) is 13.0 Å². The van der Waals surface area contributed by atoms with Gasteiger partial charge >= 0.3 is 5.97 Å². The highest BCUT2D eigenvalue weighted by Gasteiger charge is 2.19. The molecule has 0 saturated carbocycles. The fourth-order valence-corrected chi connectivity index (χ4v) is 2.39. The maximum Gasteiger partial charge on any atom is 0.339 e. The van der Waals surface area contributed by atoms with Crippen LogP contribution in [0.5, 0.6) is 17.2 Å². The van der Waals surface area contributed by atoms with Crippen molar-refractivity contribution in [3.8, 4) is 17.2 Å². The van der Waals surface area contributed by atoms with E-state index in [1.807, 2.05) is 30.3 Å². The van der Waals surface area contributed by atoms with E-state index >= 15 is 0 Å². The van der Waals surface area contributed by atoms with Crippen LogP contribution in [-0.4, -0.2) is 23.1 Å². The fourth-order valence-electron chi connectivity index (χ4n) is 2.39. The van der Waals surface area contributed by atoms with E-state index in [1.165, 1.54) is 31.2 Å². The van der Waals surface area contributed by atoms with Gasteiger partial charge in [-0.3, -0.25) is 4.79 Å². The molecular formula is C22H19NO5. The third-order valence-corrected chi connectivity index (χ3v) is 3.84. The second kappa shape index (κ2) is 8.73. The molecule has 0 heterocycles. The maximum absolute atomic E-state index is 12.3. The predicted octanol–water partition coefficient (Wildman–Crippen LogP) is 4.37. The summed E-state index contributed by atoms with van der Waals surface area (Å²) in [4.78, 5) is 24.3. The first-order chi connectivity index (χ1) is 13.5. The van der Waals surface area contributed by atoms with Crippen molar-refractivity contribution in [2.24, 2.45) is 0 Å². The zero-order chi connectivity index (χ0) is 19.9. The molecule has 0 aromatic heterocycles. The molecule has 0 aliphatic rings. The van der Waals surface area contributed by atoms with Crippen LogP contribution < -0.4 is 10.1 Å². The monoisotopic (exact) mass is 377 g/mol. The molecule has 0 bridgehead atoms. The molecular weight excluding hydrogens is 358 g/mol. The van der Waals surface area contributed by atoms with Gasteiger partial charge in [-0.25, -0.2) is 4.79 Å². The number of anilines is 1. The van der Waals surface area contributed by atoms with Crippen molar-refractivity contribution in [2.75, 3.05) is 5.32 Å². The van der Waals surface area contributed by atoms with Gasteiger partial charge in [-0.15, -0.1) is 0 Å². The number of ether oxygens (including phenoxy) is 2. The van der Waals surface area contributed by atoms with Gasteiger partial charge < -0.3 is 19.9 Å². The summed E-state index contributed by atoms with van der Waals surface area (Å²) in [7, 11) is 0. The Hall–Kier alpha value is -3.80. The average Bonchev–Trinajstić information content (AvgIpc) is 2.70. The summed E-state index contributed by atoms with van der Waals surface area (Å²) in [5, 5.41) is 12.1. The number of rotatable bonds is 6. The molecule has 0 spiro atoms. The molecule has 0 aliphatic carbocycles. The second-order valence-corrected chi connectivity index (χ2v) is 6.03. The van der Waals surface area contributed by atoms with E-state index < -0.39 is 18.0 Å². The first-order valence-electron chi connectivity index (χ1n) is 8.65. The normalized spacial score (nSPS) is 11.3. The maximum atomic E-state index is 12.3. The van der Waals surface area contributed by atoms with Crippen molar-refractivity contribution in [1.29, 1.82) is 0 Å². The number of aromatic hydroxyl groups is 1. The number of phenols is 1. The van der Waals surface area contributed by atoms with E-state index in [9.17, 15) is 14.7 Å². The highest BCUT2D eigenvalue weighted by Crippen LogP contribution is 2.22. The molecule has 6 heteroatoms. The lowest BCUT2D eigenvalue weighted by Gasteiger charge is -2.14. The van der Waals surface area contributed by atoms with E-state index in [1.54, 1.807) is 24.3 Å². The van der Waals surface area contributed by atoms with Gasteiger partial charge in [0.25, 0.3) is 5.91 Å². The number of nitrogens with one attached hydrogen (secondary N) is 1. The largest absolute Gasteiger partial charge is 0.508 e. The summed E-state index contributed by atoms with van der Waals surface area (Å²) in [6.45, 7) is 1.48. The van der Waals surface area contributed by atoms with Crippen LogP contribution in [0.2, 0.25) is 0 Å². The topological polar surface area (TPSA) is 84.9 Å². The van der Waals surface area contributed by atoms with Gasteiger partial charge in [-0.2, -0.15) is 0 Å². The lowest BCUT2D eigenvalue weighted by atomic mass is 10.2. The number of amides is 1. The molecule has 6 nitrogen and oxygen atoms in total. The molecule has 0 unspecified atom stereocenters. The van der Waals surface area contributed by atoms with Gasteiger partial charge in [0.15, 0.2) is 6.10 Å². The molecule has 0 aliphatic heterocycles. The van der Waals surface area contributed by atoms with E-state index in [4.69, 9.17) is 9.47 Å². The summed E-state index contributed by atoms with van der Waals surface area (Å²) < 4.78 is 10.8. The van der Waals surface area contributed by atoms with Crippen LogP contribution in [-0.2, 0) is 9.53 Å². The standard InChI is InChI=1S/C22H19NO5/c1-15(27-22(26)16-6-5-7-18(24)14-16)21(25)23-17-10-12-20(13-11-17)28-19-8-3-2-4-9-19/h2-15,24H,1H3,(H,23,25)/t15-/m0/s1. The van der Waals surface area contributed by atoms with E-state index in [0.29, 0.717) is 17.2 Å². The SMILES string of the molecule is C[C@H](OC(=O)c1cccc(O)c1)C(=O)Nc1ccc(Oc2ccccc2)cc1. The molecule has 1 amide bonds. The van der Waals surface area contributed by atoms with Gasteiger partial charge in [0.05, 0.1) is 5.56 Å². The van der Waals surface area contributed by atoms with E-state index in [-0.39, 0.29) is 11.3 Å². The van der Waals surface area contributed by atoms with Crippen LogP contribution in [0.25, 0.3) is 0 Å². The van der Waals surface area contributed by atoms with Crippen LogP contribution in [0, 0.1) is 0 Å². The van der Waals surface area contributed by atoms with Crippen LogP contribution in [0.1, 0.15) is 17.3 Å². The summed E-state index contributed by atoms with van der Waals surface area (Å²) in [6, 6.07) is 21.9. The number of carbonyl (C=O) groups excluding carboxylic acids is 2. The molecule has 2 N–H and O–H groups in total. The first-order valence-corrected chi connectivity index (χ1v) is 8.65. The molecule has 0 radical (unpaired) electrons. The third kappa shape index (κ3) is 5.11. The number of hydrogen-bond acceptors (Lipinski definition) is 5. The van der Waals surface area contributed by atoms with Crippen molar-refractivity contribution >= 4 is 17.6 Å². The summed E-state index contributed by atoms with van der Waals surface area (Å²) in [5.41, 5.74) is 0.715. The molecule has 3 aromatic rings. The molecule has 28 heavy (non-hydrogen) atoms.